The number of methoxy groups -OCH3 is 1. The van der Waals surface area contributed by atoms with E-state index >= 15 is 0 Å². The lowest BCUT2D eigenvalue weighted by molar-refractivity contribution is -0.164. The lowest BCUT2D eigenvalue weighted by Gasteiger charge is -2.21. The van der Waals surface area contributed by atoms with E-state index in [2.05, 4.69) is 10.1 Å². The number of hydrogen-bond donors (Lipinski definition) is 4. The Morgan fingerprint density at radius 2 is 2.20 bits per heavy atom. The molecule has 0 saturated heterocycles. The van der Waals surface area contributed by atoms with E-state index < -0.39 is 24.9 Å². The summed E-state index contributed by atoms with van der Waals surface area (Å²) < 4.78 is 20.1. The molecule has 0 amide bonds. The fourth-order valence-corrected chi connectivity index (χ4v) is 1.87. The second-order valence-corrected chi connectivity index (χ2v) is 4.44. The number of ether oxygens (including phenoxy) is 2. The molecule has 86 valence electrons. The van der Waals surface area contributed by atoms with Crippen LogP contribution < -0.4 is 11.1 Å². The van der Waals surface area contributed by atoms with Gasteiger partial charge < -0.3 is 24.6 Å². The molecule has 1 aliphatic heterocycles. The van der Waals surface area contributed by atoms with Crippen LogP contribution in [0.15, 0.2) is 11.2 Å². The standard InChI is InChI=1S/C6H11N2O6P/c1-3-4(15(10,11)12)8-6(7,14-3)5(9)13-2/h8H,7H2,1-2H3,(H2,10,11,12). The highest BCUT2D eigenvalue weighted by molar-refractivity contribution is 7.56. The van der Waals surface area contributed by atoms with Gasteiger partial charge in [0, 0.05) is 0 Å². The minimum atomic E-state index is -4.54. The first-order valence-electron chi connectivity index (χ1n) is 3.82. The van der Waals surface area contributed by atoms with Crippen LogP contribution >= 0.6 is 7.60 Å². The van der Waals surface area contributed by atoms with Gasteiger partial charge in [-0.1, -0.05) is 0 Å². The van der Waals surface area contributed by atoms with Crippen LogP contribution in [0.2, 0.25) is 0 Å². The van der Waals surface area contributed by atoms with Gasteiger partial charge in [0.25, 0.3) is 0 Å². The second kappa shape index (κ2) is 3.49. The molecule has 1 aliphatic rings. The Morgan fingerprint density at radius 3 is 2.53 bits per heavy atom. The fraction of sp³-hybridized carbons (Fsp3) is 0.500. The molecular formula is C6H11N2O6P. The molecule has 0 spiro atoms. The summed E-state index contributed by atoms with van der Waals surface area (Å²) in [4.78, 5) is 28.9. The summed E-state index contributed by atoms with van der Waals surface area (Å²) in [6.07, 6.45) is 0. The summed E-state index contributed by atoms with van der Waals surface area (Å²) in [5, 5.41) is 2.11. The Balaban J connectivity index is 2.97. The molecule has 0 aromatic rings. The number of carbonyl (C=O) groups excluding carboxylic acids is 1. The molecule has 1 unspecified atom stereocenters. The number of nitrogens with one attached hydrogen (secondary N) is 1. The Morgan fingerprint density at radius 1 is 1.67 bits per heavy atom. The summed E-state index contributed by atoms with van der Waals surface area (Å²) in [5.41, 5.74) is 4.88. The van der Waals surface area contributed by atoms with Gasteiger partial charge in [-0.2, -0.15) is 0 Å². The molecule has 0 aromatic carbocycles. The van der Waals surface area contributed by atoms with Crippen LogP contribution in [0.4, 0.5) is 0 Å². The highest BCUT2D eigenvalue weighted by Crippen LogP contribution is 2.48. The van der Waals surface area contributed by atoms with Crippen molar-refractivity contribution in [2.24, 2.45) is 5.73 Å². The largest absolute Gasteiger partial charge is 0.463 e. The van der Waals surface area contributed by atoms with E-state index in [-0.39, 0.29) is 5.76 Å². The van der Waals surface area contributed by atoms with E-state index in [4.69, 9.17) is 20.3 Å². The van der Waals surface area contributed by atoms with Crippen LogP contribution in [0.25, 0.3) is 0 Å². The maximum atomic E-state index is 11.1. The summed E-state index contributed by atoms with van der Waals surface area (Å²) in [7, 11) is -3.47. The van der Waals surface area contributed by atoms with Crippen LogP contribution in [-0.2, 0) is 18.8 Å². The molecule has 0 aromatic heterocycles. The van der Waals surface area contributed by atoms with Crippen LogP contribution in [-0.4, -0.2) is 28.7 Å². The quantitative estimate of drug-likeness (QED) is 0.347. The van der Waals surface area contributed by atoms with Crippen molar-refractivity contribution in [2.45, 2.75) is 12.8 Å². The van der Waals surface area contributed by atoms with Crippen LogP contribution in [0.5, 0.6) is 0 Å². The van der Waals surface area contributed by atoms with Gasteiger partial charge in [-0.3, -0.25) is 10.3 Å². The van der Waals surface area contributed by atoms with Crippen LogP contribution in [0.3, 0.4) is 0 Å². The maximum absolute atomic E-state index is 11.1. The molecule has 15 heavy (non-hydrogen) atoms. The van der Waals surface area contributed by atoms with Crippen LogP contribution in [0.1, 0.15) is 6.92 Å². The van der Waals surface area contributed by atoms with E-state index in [0.29, 0.717) is 0 Å². The summed E-state index contributed by atoms with van der Waals surface area (Å²) in [6, 6.07) is 0. The Labute approximate surface area is 85.2 Å². The molecular weight excluding hydrogens is 227 g/mol. The minimum absolute atomic E-state index is 0.142. The highest BCUT2D eigenvalue weighted by atomic mass is 31.2. The summed E-state index contributed by atoms with van der Waals surface area (Å²) in [6.45, 7) is 1.28. The van der Waals surface area contributed by atoms with E-state index in [9.17, 15) is 9.36 Å². The number of allylic oxidation sites excluding steroid dienone is 1. The van der Waals surface area contributed by atoms with Crippen molar-refractivity contribution in [2.75, 3.05) is 7.11 Å². The zero-order valence-electron chi connectivity index (χ0n) is 8.05. The third-order valence-electron chi connectivity index (χ3n) is 1.73. The van der Waals surface area contributed by atoms with Crippen LogP contribution in [0, 0.1) is 0 Å². The van der Waals surface area contributed by atoms with E-state index in [1.165, 1.54) is 6.92 Å². The van der Waals surface area contributed by atoms with Crippen molar-refractivity contribution in [1.82, 2.24) is 5.32 Å². The van der Waals surface area contributed by atoms with Crippen molar-refractivity contribution >= 4 is 13.6 Å². The van der Waals surface area contributed by atoms with Crippen molar-refractivity contribution < 1.29 is 28.6 Å². The molecule has 0 saturated carbocycles. The lowest BCUT2D eigenvalue weighted by Crippen LogP contribution is -2.58. The first-order chi connectivity index (χ1) is 6.70. The van der Waals surface area contributed by atoms with Gasteiger partial charge in [-0.05, 0) is 6.92 Å². The molecule has 1 heterocycles. The van der Waals surface area contributed by atoms with Gasteiger partial charge in [-0.25, -0.2) is 4.79 Å². The van der Waals surface area contributed by atoms with E-state index in [1.54, 1.807) is 0 Å². The first kappa shape index (κ1) is 12.0. The zero-order valence-corrected chi connectivity index (χ0v) is 8.95. The molecule has 1 atom stereocenters. The van der Waals surface area contributed by atoms with E-state index in [1.807, 2.05) is 0 Å². The molecule has 0 fully saturated rings. The third-order valence-corrected chi connectivity index (χ3v) is 2.74. The average molecular weight is 238 g/mol. The molecule has 0 aliphatic carbocycles. The van der Waals surface area contributed by atoms with Gasteiger partial charge in [0.2, 0.25) is 0 Å². The van der Waals surface area contributed by atoms with Gasteiger partial charge in [0.1, 0.15) is 5.76 Å². The average Bonchev–Trinajstić information content (AvgIpc) is 2.41. The normalized spacial score (nSPS) is 25.9. The molecule has 1 rings (SSSR count). The van der Waals surface area contributed by atoms with Crippen molar-refractivity contribution in [3.05, 3.63) is 11.2 Å². The van der Waals surface area contributed by atoms with Crippen molar-refractivity contribution in [1.29, 1.82) is 0 Å². The highest BCUT2D eigenvalue weighted by Gasteiger charge is 2.48. The van der Waals surface area contributed by atoms with Gasteiger partial charge in [0.15, 0.2) is 5.44 Å². The predicted molar refractivity (Wildman–Crippen MR) is 47.9 cm³/mol. The molecule has 8 nitrogen and oxygen atoms in total. The SMILES string of the molecule is COC(=O)C1(N)NC(P(=O)(O)O)=C(C)O1. The molecule has 0 radical (unpaired) electrons. The fourth-order valence-electron chi connectivity index (χ4n) is 1.10. The first-order valence-corrected chi connectivity index (χ1v) is 5.43. The van der Waals surface area contributed by atoms with Crippen molar-refractivity contribution in [3.63, 3.8) is 0 Å². The minimum Gasteiger partial charge on any atom is -0.463 e. The monoisotopic (exact) mass is 238 g/mol. The molecule has 9 heteroatoms. The van der Waals surface area contributed by atoms with E-state index in [0.717, 1.165) is 7.11 Å². The number of rotatable bonds is 2. The maximum Gasteiger partial charge on any atom is 0.389 e. The number of carbonyl (C=O) groups is 1. The molecule has 0 bridgehead atoms. The van der Waals surface area contributed by atoms with Crippen molar-refractivity contribution in [3.8, 4) is 0 Å². The predicted octanol–water partition coefficient (Wildman–Crippen LogP) is -1.24. The molecule has 5 N–H and O–H groups in total. The van der Waals surface area contributed by atoms with Gasteiger partial charge >= 0.3 is 19.4 Å². The number of esters is 1. The van der Waals surface area contributed by atoms with Gasteiger partial charge in [-0.15, -0.1) is 0 Å². The topological polar surface area (TPSA) is 131 Å². The van der Waals surface area contributed by atoms with Gasteiger partial charge in [0.05, 0.1) is 7.11 Å². The summed E-state index contributed by atoms with van der Waals surface area (Å²) in [5.74, 6) is -3.20. The summed E-state index contributed by atoms with van der Waals surface area (Å²) >= 11 is 0. The second-order valence-electron chi connectivity index (χ2n) is 2.90. The lowest BCUT2D eigenvalue weighted by atomic mass is 10.4. The number of hydrogen-bond acceptors (Lipinski definition) is 6. The third kappa shape index (κ3) is 2.13. The Kier molecular flexibility index (Phi) is 2.79. The zero-order chi connectivity index (χ0) is 11.9. The Bertz CT molecular complexity index is 374. The smallest absolute Gasteiger partial charge is 0.389 e. The Hall–Kier alpha value is -1.08. The number of nitrogens with two attached hydrogens (primary N) is 1.